The normalized spacial score (nSPS) is 21.5. The molecule has 5 rings (SSSR count). The second kappa shape index (κ2) is 16.7. The van der Waals surface area contributed by atoms with Gasteiger partial charge in [0.15, 0.2) is 6.29 Å². The van der Waals surface area contributed by atoms with Crippen LogP contribution in [0.5, 0.6) is 0 Å². The number of likely N-dealkylation sites (tertiary alicyclic amines) is 1. The number of methoxy groups -OCH3 is 1. The number of benzene rings is 3. The highest BCUT2D eigenvalue weighted by atomic mass is 16.7. The Balaban J connectivity index is 1.29. The molecule has 3 aromatic rings. The van der Waals surface area contributed by atoms with E-state index in [0.29, 0.717) is 12.6 Å². The van der Waals surface area contributed by atoms with Crippen LogP contribution >= 0.6 is 0 Å². The first-order valence-electron chi connectivity index (χ1n) is 16.1. The van der Waals surface area contributed by atoms with Crippen LogP contribution < -0.4 is 10.6 Å². The third-order valence-electron chi connectivity index (χ3n) is 8.56. The van der Waals surface area contributed by atoms with E-state index in [1.165, 1.54) is 0 Å². The van der Waals surface area contributed by atoms with E-state index in [4.69, 9.17) is 18.9 Å². The minimum atomic E-state index is -0.543. The number of nitrogens with zero attached hydrogens (tertiary/aromatic N) is 1. The Morgan fingerprint density at radius 2 is 1.74 bits per heavy atom. The van der Waals surface area contributed by atoms with Crippen molar-refractivity contribution in [3.8, 4) is 11.1 Å². The van der Waals surface area contributed by atoms with Gasteiger partial charge in [0.2, 0.25) is 0 Å². The molecule has 0 aromatic heterocycles. The summed E-state index contributed by atoms with van der Waals surface area (Å²) in [5.74, 6) is -0.479. The molecule has 2 saturated heterocycles. The molecule has 0 saturated carbocycles. The smallest absolute Gasteiger partial charge is 0.325 e. The molecule has 2 aliphatic rings. The van der Waals surface area contributed by atoms with Gasteiger partial charge in [-0.25, -0.2) is 4.79 Å². The van der Waals surface area contributed by atoms with E-state index in [1.807, 2.05) is 72.8 Å². The lowest BCUT2D eigenvalue weighted by Gasteiger charge is -2.38. The molecule has 2 aliphatic heterocycles. The summed E-state index contributed by atoms with van der Waals surface area (Å²) in [7, 11) is 1.76. The van der Waals surface area contributed by atoms with Gasteiger partial charge in [-0.15, -0.1) is 0 Å². The Morgan fingerprint density at radius 3 is 2.48 bits per heavy atom. The van der Waals surface area contributed by atoms with Gasteiger partial charge in [0, 0.05) is 38.2 Å². The number of carbonyl (C=O) groups excluding carboxylic acids is 2. The summed E-state index contributed by atoms with van der Waals surface area (Å²) < 4.78 is 23.5. The van der Waals surface area contributed by atoms with Crippen molar-refractivity contribution in [1.82, 2.24) is 15.5 Å². The van der Waals surface area contributed by atoms with E-state index in [9.17, 15) is 14.7 Å². The van der Waals surface area contributed by atoms with Gasteiger partial charge in [-0.1, -0.05) is 72.8 Å². The number of nitrogens with one attached hydrogen (secondary N) is 2. The Kier molecular flexibility index (Phi) is 12.2. The zero-order chi connectivity index (χ0) is 32.3. The van der Waals surface area contributed by atoms with Gasteiger partial charge < -0.3 is 34.7 Å². The molecule has 4 unspecified atom stereocenters. The zero-order valence-electron chi connectivity index (χ0n) is 26.7. The van der Waals surface area contributed by atoms with Crippen molar-refractivity contribution >= 4 is 12.0 Å². The van der Waals surface area contributed by atoms with Crippen molar-refractivity contribution in [3.63, 3.8) is 0 Å². The van der Waals surface area contributed by atoms with Crippen LogP contribution in [0.2, 0.25) is 0 Å². The van der Waals surface area contributed by atoms with Crippen LogP contribution in [0.25, 0.3) is 11.1 Å². The number of amides is 2. The number of esters is 1. The highest BCUT2D eigenvalue weighted by Crippen LogP contribution is 2.39. The van der Waals surface area contributed by atoms with Gasteiger partial charge >= 0.3 is 12.0 Å². The maximum atomic E-state index is 12.3. The molecule has 2 fully saturated rings. The fourth-order valence-electron chi connectivity index (χ4n) is 6.19. The summed E-state index contributed by atoms with van der Waals surface area (Å²) in [4.78, 5) is 26.3. The highest BCUT2D eigenvalue weighted by Gasteiger charge is 2.35. The number of aliphatic hydroxyl groups is 1. The van der Waals surface area contributed by atoms with E-state index in [1.54, 1.807) is 14.0 Å². The molecule has 0 spiro atoms. The quantitative estimate of drug-likeness (QED) is 0.229. The summed E-state index contributed by atoms with van der Waals surface area (Å²) >= 11 is 0. The average molecular weight is 632 g/mol. The van der Waals surface area contributed by atoms with Gasteiger partial charge in [-0.05, 0) is 54.1 Å². The summed E-state index contributed by atoms with van der Waals surface area (Å²) in [5.41, 5.74) is 5.78. The van der Waals surface area contributed by atoms with Crippen LogP contribution in [0, 0.1) is 0 Å². The van der Waals surface area contributed by atoms with E-state index in [0.717, 1.165) is 72.3 Å². The molecule has 0 radical (unpaired) electrons. The molecule has 3 N–H and O–H groups in total. The molecule has 4 atom stereocenters. The summed E-state index contributed by atoms with van der Waals surface area (Å²) in [6.07, 6.45) is 2.30. The number of carbonyl (C=O) groups is 2. The first kappa shape index (κ1) is 33.6. The zero-order valence-corrected chi connectivity index (χ0v) is 26.7. The second-order valence-corrected chi connectivity index (χ2v) is 11.7. The van der Waals surface area contributed by atoms with Gasteiger partial charge in [-0.3, -0.25) is 9.69 Å². The Hall–Kier alpha value is -3.80. The van der Waals surface area contributed by atoms with Crippen LogP contribution in [0.4, 0.5) is 4.79 Å². The van der Waals surface area contributed by atoms with Crippen molar-refractivity contribution in [3.05, 3.63) is 95.1 Å². The van der Waals surface area contributed by atoms with Crippen molar-refractivity contribution in [1.29, 1.82) is 0 Å². The highest BCUT2D eigenvalue weighted by molar-refractivity contribution is 5.81. The van der Waals surface area contributed by atoms with Crippen LogP contribution in [-0.4, -0.2) is 74.1 Å². The number of urea groups is 1. The minimum Gasteiger partial charge on any atom is -0.465 e. The first-order chi connectivity index (χ1) is 22.5. The largest absolute Gasteiger partial charge is 0.465 e. The predicted octanol–water partition coefficient (Wildman–Crippen LogP) is 4.86. The van der Waals surface area contributed by atoms with Crippen molar-refractivity contribution < 1.29 is 33.6 Å². The third kappa shape index (κ3) is 8.92. The predicted molar refractivity (Wildman–Crippen MR) is 174 cm³/mol. The molecule has 46 heavy (non-hydrogen) atoms. The summed E-state index contributed by atoms with van der Waals surface area (Å²) in [6, 6.07) is 24.0. The number of hydrogen-bond acceptors (Lipinski definition) is 8. The molecule has 3 aromatic carbocycles. The van der Waals surface area contributed by atoms with Crippen molar-refractivity contribution in [2.75, 3.05) is 40.0 Å². The van der Waals surface area contributed by atoms with Crippen LogP contribution in [-0.2, 0) is 36.9 Å². The molecule has 0 bridgehead atoms. The molecule has 10 heteroatoms. The molecule has 0 aliphatic carbocycles. The van der Waals surface area contributed by atoms with E-state index >= 15 is 0 Å². The lowest BCUT2D eigenvalue weighted by atomic mass is 9.97. The Labute approximate surface area is 271 Å². The van der Waals surface area contributed by atoms with Crippen molar-refractivity contribution in [2.24, 2.45) is 0 Å². The average Bonchev–Trinajstić information content (AvgIpc) is 3.53. The van der Waals surface area contributed by atoms with Gasteiger partial charge in [0.25, 0.3) is 0 Å². The molecule has 10 nitrogen and oxygen atoms in total. The lowest BCUT2D eigenvalue weighted by Crippen LogP contribution is -2.42. The standard InChI is InChI=1S/C36H45N3O7/c1-3-44-34(41)21-38-36(42)37-20-29-7-4-5-9-32(29)26-14-16-28(17-15-26)35-45-31(22-39-18-6-8-30(39)24-43-2)19-33(46-35)27-12-10-25(23-40)11-13-27/h4-5,7,9-17,30-31,33,35,40H,3,6,8,18-24H2,1-2H3,(H2,37,38,42). The fourth-order valence-corrected chi connectivity index (χ4v) is 6.19. The van der Waals surface area contributed by atoms with E-state index in [2.05, 4.69) is 15.5 Å². The maximum absolute atomic E-state index is 12.3. The molecular formula is C36H45N3O7. The monoisotopic (exact) mass is 631 g/mol. The number of ether oxygens (including phenoxy) is 4. The van der Waals surface area contributed by atoms with Gasteiger partial charge in [0.05, 0.1) is 32.0 Å². The first-order valence-corrected chi connectivity index (χ1v) is 16.1. The van der Waals surface area contributed by atoms with Crippen molar-refractivity contribution in [2.45, 2.75) is 63.9 Å². The van der Waals surface area contributed by atoms with Gasteiger partial charge in [-0.2, -0.15) is 0 Å². The summed E-state index contributed by atoms with van der Waals surface area (Å²) in [5, 5.41) is 14.9. The number of rotatable bonds is 13. The summed E-state index contributed by atoms with van der Waals surface area (Å²) in [6.45, 7) is 4.66. The Morgan fingerprint density at radius 1 is 0.978 bits per heavy atom. The minimum absolute atomic E-state index is 0.00420. The second-order valence-electron chi connectivity index (χ2n) is 11.7. The number of aliphatic hydroxyl groups excluding tert-OH is 1. The van der Waals surface area contributed by atoms with E-state index < -0.39 is 18.3 Å². The fraction of sp³-hybridized carbons (Fsp3) is 0.444. The maximum Gasteiger partial charge on any atom is 0.325 e. The van der Waals surface area contributed by atoms with E-state index in [-0.39, 0.29) is 32.0 Å². The molecule has 2 amide bonds. The molecule has 2 heterocycles. The third-order valence-corrected chi connectivity index (χ3v) is 8.56. The molecule has 246 valence electrons. The lowest BCUT2D eigenvalue weighted by molar-refractivity contribution is -0.253. The number of hydrogen-bond donors (Lipinski definition) is 3. The van der Waals surface area contributed by atoms with Crippen LogP contribution in [0.3, 0.4) is 0 Å². The van der Waals surface area contributed by atoms with Crippen LogP contribution in [0.1, 0.15) is 60.8 Å². The van der Waals surface area contributed by atoms with Gasteiger partial charge in [0.1, 0.15) is 6.54 Å². The van der Waals surface area contributed by atoms with Crippen LogP contribution in [0.15, 0.2) is 72.8 Å². The topological polar surface area (TPSA) is 119 Å². The molecular weight excluding hydrogens is 586 g/mol. The SMILES string of the molecule is CCOC(=O)CNC(=O)NCc1ccccc1-c1ccc(C2OC(CN3CCCC3COC)CC(c3ccc(CO)cc3)O2)cc1. The Bertz CT molecular complexity index is 1420.